The van der Waals surface area contributed by atoms with Crippen molar-refractivity contribution in [2.45, 2.75) is 33.6 Å². The van der Waals surface area contributed by atoms with Gasteiger partial charge in [0.15, 0.2) is 0 Å². The fourth-order valence-electron chi connectivity index (χ4n) is 2.43. The summed E-state index contributed by atoms with van der Waals surface area (Å²) in [6.07, 6.45) is 4.63. The van der Waals surface area contributed by atoms with E-state index >= 15 is 0 Å². The predicted molar refractivity (Wildman–Crippen MR) is 70.6 cm³/mol. The largest absolute Gasteiger partial charge is 0.361 e. The van der Waals surface area contributed by atoms with Gasteiger partial charge in [0.05, 0.1) is 0 Å². The smallest absolute Gasteiger partial charge is 0.0456 e. The molecule has 1 atom stereocenters. The van der Waals surface area contributed by atoms with Gasteiger partial charge in [0.2, 0.25) is 0 Å². The van der Waals surface area contributed by atoms with E-state index in [-0.39, 0.29) is 0 Å². The van der Waals surface area contributed by atoms with Crippen LogP contribution < -0.4 is 0 Å². The lowest BCUT2D eigenvalue weighted by Gasteiger charge is -2.18. The molecule has 1 aromatic carbocycles. The monoisotopic (exact) mass is 215 g/mol. The standard InChI is InChI=1S/C15H21N/c1-4-12(11(2)3)9-13-10-16-15-8-6-5-7-14(13)15/h5-8,10-12,16H,4,9H2,1-3H3. The molecule has 2 rings (SSSR count). The average Bonchev–Trinajstić information content (AvgIpc) is 2.69. The lowest BCUT2D eigenvalue weighted by molar-refractivity contribution is 0.372. The molecule has 0 amide bonds. The summed E-state index contributed by atoms with van der Waals surface area (Å²) in [5.74, 6) is 1.55. The summed E-state index contributed by atoms with van der Waals surface area (Å²) in [4.78, 5) is 3.36. The molecule has 0 aliphatic heterocycles. The highest BCUT2D eigenvalue weighted by Crippen LogP contribution is 2.25. The van der Waals surface area contributed by atoms with Gasteiger partial charge in [-0.3, -0.25) is 0 Å². The van der Waals surface area contributed by atoms with Crippen molar-refractivity contribution < 1.29 is 0 Å². The van der Waals surface area contributed by atoms with Gasteiger partial charge in [-0.1, -0.05) is 45.4 Å². The van der Waals surface area contributed by atoms with Crippen LogP contribution in [-0.2, 0) is 6.42 Å². The van der Waals surface area contributed by atoms with E-state index in [0.717, 1.165) is 11.8 Å². The third-order valence-electron chi connectivity index (χ3n) is 3.62. The quantitative estimate of drug-likeness (QED) is 0.778. The Morgan fingerprint density at radius 3 is 2.62 bits per heavy atom. The highest BCUT2D eigenvalue weighted by atomic mass is 14.7. The molecule has 0 fully saturated rings. The zero-order chi connectivity index (χ0) is 11.5. The fourth-order valence-corrected chi connectivity index (χ4v) is 2.43. The molecule has 1 N–H and O–H groups in total. The van der Waals surface area contributed by atoms with Crippen molar-refractivity contribution in [3.8, 4) is 0 Å². The van der Waals surface area contributed by atoms with E-state index in [2.05, 4.69) is 56.2 Å². The molecular weight excluding hydrogens is 194 g/mol. The summed E-state index contributed by atoms with van der Waals surface area (Å²) in [7, 11) is 0. The Hall–Kier alpha value is -1.24. The maximum absolute atomic E-state index is 3.36. The Morgan fingerprint density at radius 2 is 1.94 bits per heavy atom. The number of hydrogen-bond donors (Lipinski definition) is 1. The number of para-hydroxylation sites is 1. The number of hydrogen-bond acceptors (Lipinski definition) is 0. The van der Waals surface area contributed by atoms with Gasteiger partial charge >= 0.3 is 0 Å². The Labute approximate surface area is 97.9 Å². The minimum Gasteiger partial charge on any atom is -0.361 e. The van der Waals surface area contributed by atoms with Crippen LogP contribution in [0, 0.1) is 11.8 Å². The van der Waals surface area contributed by atoms with Crippen LogP contribution in [-0.4, -0.2) is 4.98 Å². The number of fused-ring (bicyclic) bond motifs is 1. The van der Waals surface area contributed by atoms with E-state index in [9.17, 15) is 0 Å². The zero-order valence-corrected chi connectivity index (χ0v) is 10.5. The van der Waals surface area contributed by atoms with Crippen molar-refractivity contribution in [2.75, 3.05) is 0 Å². The first-order valence-electron chi connectivity index (χ1n) is 6.27. The van der Waals surface area contributed by atoms with Gasteiger partial charge in [-0.05, 0) is 29.9 Å². The molecule has 16 heavy (non-hydrogen) atoms. The van der Waals surface area contributed by atoms with Gasteiger partial charge in [-0.25, -0.2) is 0 Å². The normalized spacial score (nSPS) is 13.5. The van der Waals surface area contributed by atoms with E-state index in [0.29, 0.717) is 0 Å². The maximum Gasteiger partial charge on any atom is 0.0456 e. The predicted octanol–water partition coefficient (Wildman–Crippen LogP) is 4.39. The van der Waals surface area contributed by atoms with Crippen LogP contribution in [0.1, 0.15) is 32.8 Å². The number of aromatic amines is 1. The Morgan fingerprint density at radius 1 is 1.19 bits per heavy atom. The highest BCUT2D eigenvalue weighted by Gasteiger charge is 2.13. The summed E-state index contributed by atoms with van der Waals surface area (Å²) in [6.45, 7) is 6.94. The van der Waals surface area contributed by atoms with Gasteiger partial charge < -0.3 is 4.98 Å². The number of rotatable bonds is 4. The number of aromatic nitrogens is 1. The van der Waals surface area contributed by atoms with Gasteiger partial charge in [-0.15, -0.1) is 0 Å². The fraction of sp³-hybridized carbons (Fsp3) is 0.467. The summed E-state index contributed by atoms with van der Waals surface area (Å²) in [5.41, 5.74) is 2.73. The molecule has 0 radical (unpaired) electrons. The Kier molecular flexibility index (Phi) is 3.33. The van der Waals surface area contributed by atoms with E-state index in [1.165, 1.54) is 29.3 Å². The summed E-state index contributed by atoms with van der Waals surface area (Å²) >= 11 is 0. The first-order chi connectivity index (χ1) is 7.72. The lowest BCUT2D eigenvalue weighted by atomic mass is 9.87. The third kappa shape index (κ3) is 2.13. The molecule has 86 valence electrons. The molecule has 1 heteroatoms. The van der Waals surface area contributed by atoms with Crippen molar-refractivity contribution in [1.29, 1.82) is 0 Å². The van der Waals surface area contributed by atoms with Crippen LogP contribution in [0.25, 0.3) is 10.9 Å². The number of H-pyrrole nitrogens is 1. The van der Waals surface area contributed by atoms with E-state index in [4.69, 9.17) is 0 Å². The summed E-state index contributed by atoms with van der Waals surface area (Å²) < 4.78 is 0. The molecule has 2 aromatic rings. The molecular formula is C15H21N. The van der Waals surface area contributed by atoms with Gasteiger partial charge in [0.25, 0.3) is 0 Å². The van der Waals surface area contributed by atoms with Crippen molar-refractivity contribution in [2.24, 2.45) is 11.8 Å². The van der Waals surface area contributed by atoms with Crippen molar-refractivity contribution >= 4 is 10.9 Å². The van der Waals surface area contributed by atoms with Crippen LogP contribution >= 0.6 is 0 Å². The zero-order valence-electron chi connectivity index (χ0n) is 10.5. The lowest BCUT2D eigenvalue weighted by Crippen LogP contribution is -2.10. The van der Waals surface area contributed by atoms with Crippen LogP contribution in [0.2, 0.25) is 0 Å². The number of nitrogens with one attached hydrogen (secondary N) is 1. The van der Waals surface area contributed by atoms with Crippen LogP contribution in [0.3, 0.4) is 0 Å². The molecule has 0 bridgehead atoms. The second-order valence-corrected chi connectivity index (χ2v) is 4.98. The molecule has 0 aliphatic carbocycles. The second kappa shape index (κ2) is 4.73. The first-order valence-corrected chi connectivity index (χ1v) is 6.27. The molecule has 1 unspecified atom stereocenters. The minimum atomic E-state index is 0.763. The average molecular weight is 215 g/mol. The second-order valence-electron chi connectivity index (χ2n) is 4.98. The van der Waals surface area contributed by atoms with Crippen molar-refractivity contribution in [3.63, 3.8) is 0 Å². The van der Waals surface area contributed by atoms with Gasteiger partial charge in [0.1, 0.15) is 0 Å². The topological polar surface area (TPSA) is 15.8 Å². The van der Waals surface area contributed by atoms with E-state index in [1.54, 1.807) is 0 Å². The molecule has 0 saturated heterocycles. The van der Waals surface area contributed by atoms with Gasteiger partial charge in [0, 0.05) is 17.1 Å². The highest BCUT2D eigenvalue weighted by molar-refractivity contribution is 5.83. The summed E-state index contributed by atoms with van der Waals surface area (Å²) in [5, 5.41) is 1.39. The van der Waals surface area contributed by atoms with Crippen LogP contribution in [0.15, 0.2) is 30.5 Å². The molecule has 1 nitrogen and oxygen atoms in total. The van der Waals surface area contributed by atoms with E-state index in [1.807, 2.05) is 0 Å². The molecule has 1 aromatic heterocycles. The minimum absolute atomic E-state index is 0.763. The Bertz CT molecular complexity index is 453. The van der Waals surface area contributed by atoms with Crippen molar-refractivity contribution in [1.82, 2.24) is 4.98 Å². The number of benzene rings is 1. The maximum atomic E-state index is 3.36. The van der Waals surface area contributed by atoms with Crippen LogP contribution in [0.4, 0.5) is 0 Å². The van der Waals surface area contributed by atoms with Crippen molar-refractivity contribution in [3.05, 3.63) is 36.0 Å². The molecule has 0 aliphatic rings. The SMILES string of the molecule is CCC(Cc1c[nH]c2ccccc12)C(C)C. The summed E-state index contributed by atoms with van der Waals surface area (Å²) in [6, 6.07) is 8.57. The van der Waals surface area contributed by atoms with Gasteiger partial charge in [-0.2, -0.15) is 0 Å². The third-order valence-corrected chi connectivity index (χ3v) is 3.62. The molecule has 0 saturated carbocycles. The van der Waals surface area contributed by atoms with E-state index < -0.39 is 0 Å². The van der Waals surface area contributed by atoms with Crippen LogP contribution in [0.5, 0.6) is 0 Å². The molecule has 0 spiro atoms. The first kappa shape index (κ1) is 11.3. The molecule has 1 heterocycles. The Balaban J connectivity index is 2.27.